The molecule has 0 aliphatic rings. The Hall–Kier alpha value is -1.69. The summed E-state index contributed by atoms with van der Waals surface area (Å²) in [5, 5.41) is 8.94. The van der Waals surface area contributed by atoms with Crippen LogP contribution in [0.2, 0.25) is 0 Å². The van der Waals surface area contributed by atoms with Crippen LogP contribution in [0.4, 0.5) is 11.4 Å². The Balaban J connectivity index is 3.16. The Morgan fingerprint density at radius 1 is 1.44 bits per heavy atom. The second-order valence-electron chi connectivity index (χ2n) is 3.89. The van der Waals surface area contributed by atoms with Crippen LogP contribution in [0.15, 0.2) is 18.2 Å². The Morgan fingerprint density at radius 2 is 2.12 bits per heavy atom. The number of hydrogen-bond donors (Lipinski definition) is 1. The lowest BCUT2D eigenvalue weighted by Gasteiger charge is -2.30. The largest absolute Gasteiger partial charge is 0.396 e. The fourth-order valence-electron chi connectivity index (χ4n) is 1.84. The van der Waals surface area contributed by atoms with Gasteiger partial charge in [-0.05, 0) is 32.4 Å². The van der Waals surface area contributed by atoms with Gasteiger partial charge in [0.25, 0.3) is 0 Å². The third-order valence-corrected chi connectivity index (χ3v) is 2.98. The van der Waals surface area contributed by atoms with Gasteiger partial charge in [-0.2, -0.15) is 5.26 Å². The molecule has 0 aliphatic heterocycles. The first-order chi connectivity index (χ1) is 7.65. The fraction of sp³-hybridized carbons (Fsp3) is 0.462. The molecule has 0 aromatic heterocycles. The standard InChI is InChI=1S/C13H19N3/c1-4-10(3)16(5-2)12-8-6-7-11(9-14)13(12)15/h6-8,10H,4-5,15H2,1-3H3. The normalized spacial score (nSPS) is 11.9. The van der Waals surface area contributed by atoms with Crippen LogP contribution in [0.5, 0.6) is 0 Å². The molecule has 86 valence electrons. The molecule has 1 rings (SSSR count). The van der Waals surface area contributed by atoms with E-state index in [0.717, 1.165) is 18.7 Å². The van der Waals surface area contributed by atoms with E-state index in [0.29, 0.717) is 17.3 Å². The lowest BCUT2D eigenvalue weighted by atomic mass is 10.1. The van der Waals surface area contributed by atoms with E-state index in [1.807, 2.05) is 12.1 Å². The molecule has 0 radical (unpaired) electrons. The fourth-order valence-corrected chi connectivity index (χ4v) is 1.84. The second-order valence-corrected chi connectivity index (χ2v) is 3.89. The number of benzene rings is 1. The lowest BCUT2D eigenvalue weighted by Crippen LogP contribution is -2.33. The van der Waals surface area contributed by atoms with Gasteiger partial charge in [0, 0.05) is 12.6 Å². The van der Waals surface area contributed by atoms with Crippen molar-refractivity contribution in [2.45, 2.75) is 33.2 Å². The van der Waals surface area contributed by atoms with Crippen molar-refractivity contribution in [1.29, 1.82) is 5.26 Å². The van der Waals surface area contributed by atoms with Crippen LogP contribution >= 0.6 is 0 Å². The van der Waals surface area contributed by atoms with E-state index in [-0.39, 0.29) is 0 Å². The van der Waals surface area contributed by atoms with Crippen molar-refractivity contribution in [3.05, 3.63) is 23.8 Å². The molecule has 0 saturated carbocycles. The highest BCUT2D eigenvalue weighted by Gasteiger charge is 2.15. The highest BCUT2D eigenvalue weighted by molar-refractivity contribution is 5.74. The van der Waals surface area contributed by atoms with Crippen LogP contribution in [-0.2, 0) is 0 Å². The van der Waals surface area contributed by atoms with Gasteiger partial charge in [-0.1, -0.05) is 13.0 Å². The first-order valence-corrected chi connectivity index (χ1v) is 5.70. The van der Waals surface area contributed by atoms with Crippen LogP contribution in [0.1, 0.15) is 32.8 Å². The van der Waals surface area contributed by atoms with E-state index in [1.165, 1.54) is 0 Å². The van der Waals surface area contributed by atoms with Crippen LogP contribution < -0.4 is 10.6 Å². The van der Waals surface area contributed by atoms with Crippen molar-refractivity contribution in [2.24, 2.45) is 0 Å². The van der Waals surface area contributed by atoms with Crippen LogP contribution in [-0.4, -0.2) is 12.6 Å². The van der Waals surface area contributed by atoms with E-state index >= 15 is 0 Å². The van der Waals surface area contributed by atoms with Crippen LogP contribution in [0, 0.1) is 11.3 Å². The molecule has 0 fully saturated rings. The maximum atomic E-state index is 8.94. The van der Waals surface area contributed by atoms with Gasteiger partial charge in [-0.3, -0.25) is 0 Å². The van der Waals surface area contributed by atoms with E-state index < -0.39 is 0 Å². The molecule has 2 N–H and O–H groups in total. The van der Waals surface area contributed by atoms with E-state index in [9.17, 15) is 0 Å². The third-order valence-electron chi connectivity index (χ3n) is 2.98. The Bertz CT molecular complexity index is 393. The summed E-state index contributed by atoms with van der Waals surface area (Å²) in [7, 11) is 0. The van der Waals surface area contributed by atoms with Crippen molar-refractivity contribution in [1.82, 2.24) is 0 Å². The van der Waals surface area contributed by atoms with Gasteiger partial charge >= 0.3 is 0 Å². The number of para-hydroxylation sites is 1. The topological polar surface area (TPSA) is 53.0 Å². The molecule has 0 heterocycles. The van der Waals surface area contributed by atoms with Crippen LogP contribution in [0.3, 0.4) is 0 Å². The zero-order chi connectivity index (χ0) is 12.1. The minimum Gasteiger partial charge on any atom is -0.396 e. The summed E-state index contributed by atoms with van der Waals surface area (Å²) < 4.78 is 0. The summed E-state index contributed by atoms with van der Waals surface area (Å²) in [5.41, 5.74) is 8.11. The molecule has 1 atom stereocenters. The zero-order valence-corrected chi connectivity index (χ0v) is 10.2. The lowest BCUT2D eigenvalue weighted by molar-refractivity contribution is 0.630. The predicted molar refractivity (Wildman–Crippen MR) is 68.3 cm³/mol. The second kappa shape index (κ2) is 5.41. The van der Waals surface area contributed by atoms with Crippen molar-refractivity contribution in [3.63, 3.8) is 0 Å². The monoisotopic (exact) mass is 217 g/mol. The summed E-state index contributed by atoms with van der Waals surface area (Å²) in [4.78, 5) is 2.23. The number of hydrogen-bond acceptors (Lipinski definition) is 3. The van der Waals surface area contributed by atoms with Crippen molar-refractivity contribution < 1.29 is 0 Å². The Labute approximate surface area is 97.5 Å². The summed E-state index contributed by atoms with van der Waals surface area (Å²) >= 11 is 0. The molecule has 0 bridgehead atoms. The smallest absolute Gasteiger partial charge is 0.101 e. The maximum absolute atomic E-state index is 8.94. The van der Waals surface area contributed by atoms with E-state index in [4.69, 9.17) is 11.0 Å². The number of nitrogens with two attached hydrogens (primary N) is 1. The molecule has 0 spiro atoms. The summed E-state index contributed by atoms with van der Waals surface area (Å²) in [5.74, 6) is 0. The van der Waals surface area contributed by atoms with E-state index in [1.54, 1.807) is 6.07 Å². The average molecular weight is 217 g/mol. The molecule has 0 aliphatic carbocycles. The van der Waals surface area contributed by atoms with Gasteiger partial charge in [0.15, 0.2) is 0 Å². The summed E-state index contributed by atoms with van der Waals surface area (Å²) in [6.07, 6.45) is 1.06. The number of nitrogen functional groups attached to an aromatic ring is 1. The van der Waals surface area contributed by atoms with Crippen molar-refractivity contribution >= 4 is 11.4 Å². The zero-order valence-electron chi connectivity index (χ0n) is 10.2. The maximum Gasteiger partial charge on any atom is 0.101 e. The molecule has 3 nitrogen and oxygen atoms in total. The van der Waals surface area contributed by atoms with Gasteiger partial charge in [-0.15, -0.1) is 0 Å². The molecule has 16 heavy (non-hydrogen) atoms. The van der Waals surface area contributed by atoms with Gasteiger partial charge in [0.1, 0.15) is 6.07 Å². The molecule has 3 heteroatoms. The minimum absolute atomic E-state index is 0.432. The van der Waals surface area contributed by atoms with Gasteiger partial charge < -0.3 is 10.6 Å². The third kappa shape index (κ3) is 2.27. The minimum atomic E-state index is 0.432. The van der Waals surface area contributed by atoms with Gasteiger partial charge in [0.2, 0.25) is 0 Å². The highest BCUT2D eigenvalue weighted by atomic mass is 15.2. The van der Waals surface area contributed by atoms with E-state index in [2.05, 4.69) is 31.7 Å². The summed E-state index contributed by atoms with van der Waals surface area (Å²) in [6.45, 7) is 7.32. The van der Waals surface area contributed by atoms with Gasteiger partial charge in [-0.25, -0.2) is 0 Å². The van der Waals surface area contributed by atoms with Crippen LogP contribution in [0.25, 0.3) is 0 Å². The first kappa shape index (κ1) is 12.4. The molecule has 0 saturated heterocycles. The molecule has 1 unspecified atom stereocenters. The highest BCUT2D eigenvalue weighted by Crippen LogP contribution is 2.28. The molecule has 1 aromatic rings. The molecular formula is C13H19N3. The van der Waals surface area contributed by atoms with Crippen molar-refractivity contribution in [2.75, 3.05) is 17.2 Å². The quantitative estimate of drug-likeness (QED) is 0.789. The average Bonchev–Trinajstić information content (AvgIpc) is 2.31. The molecular weight excluding hydrogens is 198 g/mol. The molecule has 0 amide bonds. The molecule has 1 aromatic carbocycles. The summed E-state index contributed by atoms with van der Waals surface area (Å²) in [6, 6.07) is 8.17. The predicted octanol–water partition coefficient (Wildman–Crippen LogP) is 2.77. The van der Waals surface area contributed by atoms with Gasteiger partial charge in [0.05, 0.1) is 16.9 Å². The Morgan fingerprint density at radius 3 is 2.62 bits per heavy atom. The number of anilines is 2. The number of rotatable bonds is 4. The number of nitriles is 1. The van der Waals surface area contributed by atoms with Crippen molar-refractivity contribution in [3.8, 4) is 6.07 Å². The number of nitrogens with zero attached hydrogens (tertiary/aromatic N) is 2. The first-order valence-electron chi connectivity index (χ1n) is 5.70. The SMILES string of the molecule is CCC(C)N(CC)c1cccc(C#N)c1N. The Kier molecular flexibility index (Phi) is 4.19.